The van der Waals surface area contributed by atoms with E-state index in [0.29, 0.717) is 10.6 Å². The Labute approximate surface area is 159 Å². The van der Waals surface area contributed by atoms with Crippen LogP contribution in [0.3, 0.4) is 0 Å². The van der Waals surface area contributed by atoms with Crippen molar-refractivity contribution in [2.45, 2.75) is 26.2 Å². The minimum Gasteiger partial charge on any atom is -0.321 e. The average molecular weight is 364 g/mol. The first-order chi connectivity index (χ1) is 12.3. The Bertz CT molecular complexity index is 923. The van der Waals surface area contributed by atoms with Crippen molar-refractivity contribution < 1.29 is 4.79 Å². The highest BCUT2D eigenvalue weighted by Crippen LogP contribution is 2.29. The van der Waals surface area contributed by atoms with Gasteiger partial charge in [-0.25, -0.2) is 0 Å². The first-order valence-corrected chi connectivity index (χ1v) is 8.99. The van der Waals surface area contributed by atoms with Crippen LogP contribution in [0.15, 0.2) is 72.8 Å². The zero-order chi connectivity index (χ0) is 18.7. The van der Waals surface area contributed by atoms with E-state index in [4.69, 9.17) is 11.6 Å². The molecule has 0 aliphatic heterocycles. The molecule has 1 N–H and O–H groups in total. The molecule has 0 aliphatic carbocycles. The van der Waals surface area contributed by atoms with E-state index in [1.165, 1.54) is 0 Å². The molecule has 0 unspecified atom stereocenters. The Balaban J connectivity index is 1.90. The van der Waals surface area contributed by atoms with Gasteiger partial charge in [-0.1, -0.05) is 74.8 Å². The van der Waals surface area contributed by atoms with Crippen LogP contribution >= 0.6 is 11.6 Å². The van der Waals surface area contributed by atoms with Crippen LogP contribution < -0.4 is 5.32 Å². The SMILES string of the molecule is CC(C)(C)c1cccc(C(=O)Nc2ccccc2-c2ccc(Cl)cc2)c1. The average Bonchev–Trinajstić information content (AvgIpc) is 2.62. The second-order valence-corrected chi connectivity index (χ2v) is 7.77. The number of para-hydroxylation sites is 1. The van der Waals surface area contributed by atoms with Gasteiger partial charge in [-0.2, -0.15) is 0 Å². The Morgan fingerprint density at radius 1 is 0.885 bits per heavy atom. The fraction of sp³-hybridized carbons (Fsp3) is 0.174. The van der Waals surface area contributed by atoms with E-state index in [1.807, 2.05) is 66.7 Å². The fourth-order valence-electron chi connectivity index (χ4n) is 2.79. The van der Waals surface area contributed by atoms with Crippen molar-refractivity contribution in [3.05, 3.63) is 88.9 Å². The summed E-state index contributed by atoms with van der Waals surface area (Å²) in [6, 6.07) is 23.2. The van der Waals surface area contributed by atoms with Gasteiger partial charge in [-0.3, -0.25) is 4.79 Å². The van der Waals surface area contributed by atoms with Gasteiger partial charge in [0.2, 0.25) is 0 Å². The van der Waals surface area contributed by atoms with E-state index in [9.17, 15) is 4.79 Å². The number of benzene rings is 3. The summed E-state index contributed by atoms with van der Waals surface area (Å²) in [5.74, 6) is -0.113. The molecule has 0 atom stereocenters. The number of anilines is 1. The Kier molecular flexibility index (Phi) is 5.15. The smallest absolute Gasteiger partial charge is 0.255 e. The van der Waals surface area contributed by atoms with E-state index < -0.39 is 0 Å². The van der Waals surface area contributed by atoms with Crippen molar-refractivity contribution in [2.24, 2.45) is 0 Å². The Morgan fingerprint density at radius 3 is 2.27 bits per heavy atom. The van der Waals surface area contributed by atoms with E-state index in [1.54, 1.807) is 0 Å². The second-order valence-electron chi connectivity index (χ2n) is 7.34. The second kappa shape index (κ2) is 7.35. The van der Waals surface area contributed by atoms with Crippen LogP contribution in [0, 0.1) is 0 Å². The summed E-state index contributed by atoms with van der Waals surface area (Å²) in [5.41, 5.74) is 4.54. The number of hydrogen-bond donors (Lipinski definition) is 1. The van der Waals surface area contributed by atoms with Crippen molar-refractivity contribution in [1.29, 1.82) is 0 Å². The lowest BCUT2D eigenvalue weighted by atomic mass is 9.86. The lowest BCUT2D eigenvalue weighted by Gasteiger charge is -2.19. The molecule has 26 heavy (non-hydrogen) atoms. The van der Waals surface area contributed by atoms with Crippen molar-refractivity contribution in [2.75, 3.05) is 5.32 Å². The van der Waals surface area contributed by atoms with Crippen LogP contribution in [0.4, 0.5) is 5.69 Å². The van der Waals surface area contributed by atoms with Crippen LogP contribution in [-0.2, 0) is 5.41 Å². The van der Waals surface area contributed by atoms with Crippen LogP contribution in [0.1, 0.15) is 36.7 Å². The molecule has 0 spiro atoms. The standard InChI is InChI=1S/C23H22ClNO/c1-23(2,3)18-8-6-7-17(15-18)22(26)25-21-10-5-4-9-20(21)16-11-13-19(24)14-12-16/h4-15H,1-3H3,(H,25,26). The highest BCUT2D eigenvalue weighted by molar-refractivity contribution is 6.30. The minimum absolute atomic E-state index is 0.00248. The van der Waals surface area contributed by atoms with Gasteiger partial charge in [0.1, 0.15) is 0 Å². The maximum atomic E-state index is 12.8. The molecule has 0 saturated heterocycles. The molecule has 2 nitrogen and oxygen atoms in total. The molecular weight excluding hydrogens is 342 g/mol. The fourth-order valence-corrected chi connectivity index (χ4v) is 2.92. The lowest BCUT2D eigenvalue weighted by Crippen LogP contribution is -2.16. The molecule has 132 valence electrons. The molecule has 1 amide bonds. The minimum atomic E-state index is -0.113. The predicted molar refractivity (Wildman–Crippen MR) is 110 cm³/mol. The normalized spacial score (nSPS) is 11.2. The maximum absolute atomic E-state index is 12.8. The van der Waals surface area contributed by atoms with E-state index in [0.717, 1.165) is 22.4 Å². The first kappa shape index (κ1) is 18.2. The molecule has 0 fully saturated rings. The van der Waals surface area contributed by atoms with Gasteiger partial charge in [0, 0.05) is 21.8 Å². The highest BCUT2D eigenvalue weighted by Gasteiger charge is 2.16. The quantitative estimate of drug-likeness (QED) is 0.561. The molecule has 0 heterocycles. The molecule has 0 aromatic heterocycles. The summed E-state index contributed by atoms with van der Waals surface area (Å²) in [4.78, 5) is 12.8. The van der Waals surface area contributed by atoms with E-state index in [-0.39, 0.29) is 11.3 Å². The largest absolute Gasteiger partial charge is 0.321 e. The number of nitrogens with one attached hydrogen (secondary N) is 1. The van der Waals surface area contributed by atoms with E-state index >= 15 is 0 Å². The van der Waals surface area contributed by atoms with Crippen LogP contribution in [0.5, 0.6) is 0 Å². The monoisotopic (exact) mass is 363 g/mol. The Morgan fingerprint density at radius 2 is 1.58 bits per heavy atom. The zero-order valence-corrected chi connectivity index (χ0v) is 16.0. The maximum Gasteiger partial charge on any atom is 0.255 e. The summed E-state index contributed by atoms with van der Waals surface area (Å²) in [7, 11) is 0. The lowest BCUT2D eigenvalue weighted by molar-refractivity contribution is 0.102. The van der Waals surface area contributed by atoms with Crippen LogP contribution in [0.25, 0.3) is 11.1 Å². The summed E-state index contributed by atoms with van der Waals surface area (Å²) in [5, 5.41) is 3.74. The van der Waals surface area contributed by atoms with Crippen LogP contribution in [0.2, 0.25) is 5.02 Å². The molecular formula is C23H22ClNO. The van der Waals surface area contributed by atoms with Crippen molar-refractivity contribution in [1.82, 2.24) is 0 Å². The third-order valence-electron chi connectivity index (χ3n) is 4.32. The molecule has 0 bridgehead atoms. The van der Waals surface area contributed by atoms with Crippen molar-refractivity contribution >= 4 is 23.2 Å². The van der Waals surface area contributed by atoms with E-state index in [2.05, 4.69) is 32.2 Å². The van der Waals surface area contributed by atoms with Crippen LogP contribution in [-0.4, -0.2) is 5.91 Å². The summed E-state index contributed by atoms with van der Waals surface area (Å²) in [6.07, 6.45) is 0. The number of carbonyl (C=O) groups is 1. The van der Waals surface area contributed by atoms with Gasteiger partial charge in [-0.05, 0) is 46.9 Å². The first-order valence-electron chi connectivity index (χ1n) is 8.61. The molecule has 3 rings (SSSR count). The van der Waals surface area contributed by atoms with Gasteiger partial charge in [0.05, 0.1) is 0 Å². The summed E-state index contributed by atoms with van der Waals surface area (Å²) >= 11 is 5.99. The molecule has 0 radical (unpaired) electrons. The number of rotatable bonds is 3. The van der Waals surface area contributed by atoms with Crippen molar-refractivity contribution in [3.8, 4) is 11.1 Å². The zero-order valence-electron chi connectivity index (χ0n) is 15.2. The third kappa shape index (κ3) is 4.14. The molecule has 3 aromatic rings. The molecule has 0 saturated carbocycles. The number of carbonyl (C=O) groups excluding carboxylic acids is 1. The predicted octanol–water partition coefficient (Wildman–Crippen LogP) is 6.56. The Hall–Kier alpha value is -2.58. The summed E-state index contributed by atoms with van der Waals surface area (Å²) in [6.45, 7) is 6.42. The van der Waals surface area contributed by atoms with Gasteiger partial charge >= 0.3 is 0 Å². The number of hydrogen-bond acceptors (Lipinski definition) is 1. The topological polar surface area (TPSA) is 29.1 Å². The third-order valence-corrected chi connectivity index (χ3v) is 4.57. The van der Waals surface area contributed by atoms with Gasteiger partial charge in [0.25, 0.3) is 5.91 Å². The van der Waals surface area contributed by atoms with Crippen molar-refractivity contribution in [3.63, 3.8) is 0 Å². The van der Waals surface area contributed by atoms with Gasteiger partial charge in [-0.15, -0.1) is 0 Å². The number of halogens is 1. The number of amides is 1. The molecule has 3 aromatic carbocycles. The molecule has 0 aliphatic rings. The molecule has 3 heteroatoms. The highest BCUT2D eigenvalue weighted by atomic mass is 35.5. The van der Waals surface area contributed by atoms with Gasteiger partial charge < -0.3 is 5.32 Å². The summed E-state index contributed by atoms with van der Waals surface area (Å²) < 4.78 is 0. The van der Waals surface area contributed by atoms with Gasteiger partial charge in [0.15, 0.2) is 0 Å².